The maximum atomic E-state index is 13.5. The molecule has 1 fully saturated rings. The maximum Gasteiger partial charge on any atom is 0.327 e. The number of para-hydroxylation sites is 1. The lowest BCUT2D eigenvalue weighted by molar-refractivity contribution is -0.132. The summed E-state index contributed by atoms with van der Waals surface area (Å²) in [6.45, 7) is 1.42. The monoisotopic (exact) mass is 592 g/mol. The number of piperidine rings is 1. The molecule has 3 aliphatic heterocycles. The molecule has 212 valence electrons. The molecule has 6 rings (SSSR count). The van der Waals surface area contributed by atoms with Crippen molar-refractivity contribution in [1.82, 2.24) is 25.8 Å². The summed E-state index contributed by atoms with van der Waals surface area (Å²) in [6.07, 6.45) is 3.25. The van der Waals surface area contributed by atoms with E-state index in [-0.39, 0.29) is 30.4 Å². The summed E-state index contributed by atoms with van der Waals surface area (Å²) in [5.41, 5.74) is 2.01. The number of pyridine rings is 1. The van der Waals surface area contributed by atoms with E-state index < -0.39 is 11.3 Å². The fourth-order valence-electron chi connectivity index (χ4n) is 5.48. The van der Waals surface area contributed by atoms with Crippen molar-refractivity contribution in [1.29, 1.82) is 0 Å². The minimum Gasteiger partial charge on any atom is -0.456 e. The molecule has 2 aromatic carbocycles. The number of benzene rings is 2. The molecule has 2 unspecified atom stereocenters. The molecule has 3 aliphatic rings. The van der Waals surface area contributed by atoms with Crippen LogP contribution in [0.4, 0.5) is 16.2 Å². The van der Waals surface area contributed by atoms with Crippen molar-refractivity contribution in [3.05, 3.63) is 71.4 Å². The van der Waals surface area contributed by atoms with E-state index in [0.29, 0.717) is 46.0 Å². The minimum atomic E-state index is -0.585. The van der Waals surface area contributed by atoms with E-state index in [1.165, 1.54) is 11.8 Å². The predicted octanol–water partition coefficient (Wildman–Crippen LogP) is 4.23. The molecule has 1 aromatic heterocycles. The maximum absolute atomic E-state index is 13.5. The normalized spacial score (nSPS) is 21.2. The second-order valence-electron chi connectivity index (χ2n) is 10.1. The van der Waals surface area contributed by atoms with Crippen molar-refractivity contribution in [2.24, 2.45) is 0 Å². The van der Waals surface area contributed by atoms with Crippen LogP contribution in [0, 0.1) is 0 Å². The van der Waals surface area contributed by atoms with E-state index in [1.54, 1.807) is 47.3 Å². The van der Waals surface area contributed by atoms with Gasteiger partial charge in [-0.25, -0.2) is 9.78 Å². The fourth-order valence-corrected chi connectivity index (χ4v) is 6.93. The van der Waals surface area contributed by atoms with Gasteiger partial charge in [0, 0.05) is 30.9 Å². The van der Waals surface area contributed by atoms with Crippen molar-refractivity contribution in [2.75, 3.05) is 31.6 Å². The summed E-state index contributed by atoms with van der Waals surface area (Å²) < 4.78 is 5.89. The van der Waals surface area contributed by atoms with E-state index in [0.717, 1.165) is 18.4 Å². The lowest BCUT2D eigenvalue weighted by Crippen LogP contribution is -2.54. The molecule has 1 saturated heterocycles. The number of likely N-dealkylation sites (N-methyl/N-ethyl adjacent to an activating group) is 1. The third-order valence-electron chi connectivity index (χ3n) is 7.36. The molecule has 0 spiro atoms. The Morgan fingerprint density at radius 3 is 2.80 bits per heavy atom. The number of nitrogens with zero attached hydrogens (tertiary/aromatic N) is 3. The molecule has 41 heavy (non-hydrogen) atoms. The van der Waals surface area contributed by atoms with E-state index in [1.807, 2.05) is 30.3 Å². The minimum absolute atomic E-state index is 0.0161. The second kappa shape index (κ2) is 11.6. The van der Waals surface area contributed by atoms with Crippen LogP contribution in [0.3, 0.4) is 0 Å². The molecule has 0 radical (unpaired) electrons. The number of likely N-dealkylation sites (tertiary alicyclic amines) is 1. The number of carbonyl (C=O) groups excluding carboxylic acids is 3. The average Bonchev–Trinajstić information content (AvgIpc) is 3.35. The third kappa shape index (κ3) is 5.44. The molecule has 12 heteroatoms. The summed E-state index contributed by atoms with van der Waals surface area (Å²) in [4.78, 5) is 47.2. The zero-order valence-corrected chi connectivity index (χ0v) is 23.9. The van der Waals surface area contributed by atoms with Gasteiger partial charge in [-0.3, -0.25) is 14.5 Å². The van der Waals surface area contributed by atoms with E-state index in [9.17, 15) is 14.4 Å². The summed E-state index contributed by atoms with van der Waals surface area (Å²) in [7, 11) is 1.74. The molecule has 0 bridgehead atoms. The van der Waals surface area contributed by atoms with Gasteiger partial charge < -0.3 is 25.6 Å². The smallest absolute Gasteiger partial charge is 0.327 e. The van der Waals surface area contributed by atoms with Gasteiger partial charge >= 0.3 is 6.03 Å². The number of carbonyl (C=O) groups is 3. The van der Waals surface area contributed by atoms with Crippen LogP contribution in [-0.4, -0.2) is 65.7 Å². The highest BCUT2D eigenvalue weighted by atomic mass is 35.5. The van der Waals surface area contributed by atoms with E-state index in [2.05, 4.69) is 20.9 Å². The number of amides is 4. The molecule has 4 amide bonds. The van der Waals surface area contributed by atoms with Crippen LogP contribution in [-0.2, 0) is 9.59 Å². The van der Waals surface area contributed by atoms with Crippen molar-refractivity contribution in [2.45, 2.75) is 35.2 Å². The fraction of sp³-hybridized carbons (Fsp3) is 0.310. The Morgan fingerprint density at radius 2 is 2.02 bits per heavy atom. The van der Waals surface area contributed by atoms with Gasteiger partial charge in [-0.15, -0.1) is 0 Å². The number of anilines is 2. The molecule has 3 atom stereocenters. The zero-order valence-electron chi connectivity index (χ0n) is 22.3. The molecule has 0 saturated carbocycles. The third-order valence-corrected chi connectivity index (χ3v) is 8.94. The number of halogens is 1. The largest absolute Gasteiger partial charge is 0.456 e. The highest BCUT2D eigenvalue weighted by molar-refractivity contribution is 8.01. The summed E-state index contributed by atoms with van der Waals surface area (Å²) in [6, 6.07) is 15.2. The van der Waals surface area contributed by atoms with Crippen LogP contribution in [0.25, 0.3) is 0 Å². The topological polar surface area (TPSA) is 116 Å². The van der Waals surface area contributed by atoms with Crippen molar-refractivity contribution in [3.8, 4) is 11.5 Å². The highest BCUT2D eigenvalue weighted by Gasteiger charge is 2.47. The van der Waals surface area contributed by atoms with Crippen LogP contribution in [0.1, 0.15) is 24.4 Å². The van der Waals surface area contributed by atoms with E-state index >= 15 is 0 Å². The first-order chi connectivity index (χ1) is 19.9. The highest BCUT2D eigenvalue weighted by Crippen LogP contribution is 2.51. The Kier molecular flexibility index (Phi) is 7.74. The van der Waals surface area contributed by atoms with Gasteiger partial charge in [-0.05, 0) is 56.3 Å². The van der Waals surface area contributed by atoms with Gasteiger partial charge in [0.1, 0.15) is 21.8 Å². The van der Waals surface area contributed by atoms with Crippen molar-refractivity contribution in [3.63, 3.8) is 0 Å². The number of hydrogen-bond acceptors (Lipinski definition) is 7. The predicted molar refractivity (Wildman–Crippen MR) is 157 cm³/mol. The van der Waals surface area contributed by atoms with Crippen LogP contribution in [0.5, 0.6) is 11.5 Å². The Balaban J connectivity index is 1.20. The van der Waals surface area contributed by atoms with Gasteiger partial charge in [0.2, 0.25) is 11.8 Å². The number of thioether (sulfide) groups is 1. The van der Waals surface area contributed by atoms with Crippen molar-refractivity contribution < 1.29 is 19.1 Å². The molecular weight excluding hydrogens is 564 g/mol. The number of rotatable bonds is 7. The van der Waals surface area contributed by atoms with Crippen LogP contribution in [0.2, 0.25) is 5.02 Å². The first-order valence-electron chi connectivity index (χ1n) is 13.4. The van der Waals surface area contributed by atoms with Crippen LogP contribution >= 0.6 is 23.4 Å². The number of ether oxygens (including phenoxy) is 1. The lowest BCUT2D eigenvalue weighted by atomic mass is 9.99. The van der Waals surface area contributed by atoms with Crippen LogP contribution < -0.4 is 25.6 Å². The molecular formula is C29H29ClN6O4S. The molecule has 3 aromatic rings. The SMILES string of the molecule is CNCC(=O)N1CCCC(NC(=O)[C@@H]2Sc3nccc4c3C2NC(=O)N4c2ccc(Oc3ccccc3)c(Cl)c2)C1. The van der Waals surface area contributed by atoms with Gasteiger partial charge in [-0.1, -0.05) is 41.6 Å². The summed E-state index contributed by atoms with van der Waals surface area (Å²) >= 11 is 7.91. The Morgan fingerprint density at radius 1 is 1.20 bits per heavy atom. The molecule has 4 heterocycles. The van der Waals surface area contributed by atoms with E-state index in [4.69, 9.17) is 16.3 Å². The first kappa shape index (κ1) is 27.4. The second-order valence-corrected chi connectivity index (χ2v) is 11.6. The molecule has 3 N–H and O–H groups in total. The number of nitrogens with one attached hydrogen (secondary N) is 3. The van der Waals surface area contributed by atoms with Crippen LogP contribution in [0.15, 0.2) is 65.8 Å². The lowest BCUT2D eigenvalue weighted by Gasteiger charge is -2.36. The molecule has 0 aliphatic carbocycles. The Bertz CT molecular complexity index is 1490. The summed E-state index contributed by atoms with van der Waals surface area (Å²) in [5.74, 6) is 0.955. The van der Waals surface area contributed by atoms with Crippen molar-refractivity contribution >= 4 is 52.6 Å². The van der Waals surface area contributed by atoms with Gasteiger partial charge in [0.15, 0.2) is 0 Å². The van der Waals surface area contributed by atoms with Gasteiger partial charge in [0.25, 0.3) is 0 Å². The molecule has 10 nitrogen and oxygen atoms in total. The zero-order chi connectivity index (χ0) is 28.5. The van der Waals surface area contributed by atoms with Gasteiger partial charge in [-0.2, -0.15) is 0 Å². The summed E-state index contributed by atoms with van der Waals surface area (Å²) in [5, 5.41) is 9.51. The standard InChI is InChI=1S/C29H29ClN6O4S/c1-31-15-23(37)35-13-5-6-17(16-35)33-27(38)26-25-24-21(11-12-32-28(24)41-26)36(29(39)34-25)18-9-10-22(20(30)14-18)40-19-7-3-2-4-8-19/h2-4,7-12,14,17,25-26,31H,5-6,13,15-16H2,1H3,(H,33,38)(H,34,39)/t17?,25?,26-/m1/s1. The Labute approximate surface area is 246 Å². The quantitative estimate of drug-likeness (QED) is 0.376. The number of aromatic nitrogens is 1. The van der Waals surface area contributed by atoms with Gasteiger partial charge in [0.05, 0.1) is 29.0 Å². The first-order valence-corrected chi connectivity index (χ1v) is 14.7. The number of urea groups is 1. The average molecular weight is 593 g/mol. The Hall–Kier alpha value is -3.80. The number of hydrogen-bond donors (Lipinski definition) is 3.